The number of likely N-dealkylation sites (N-methyl/N-ethyl adjacent to an activating group) is 1. The Hall–Kier alpha value is -9.94. The van der Waals surface area contributed by atoms with E-state index in [0.717, 1.165) is 79.0 Å². The maximum Gasteiger partial charge on any atom is 0.433 e. The number of hydrogen-bond donors (Lipinski definition) is 18. The van der Waals surface area contributed by atoms with Gasteiger partial charge >= 0.3 is 12.1 Å². The molecular formula is C71H76Cl2F3N11O23S. The van der Waals surface area contributed by atoms with Crippen LogP contribution in [0.25, 0.3) is 11.1 Å². The summed E-state index contributed by atoms with van der Waals surface area (Å²) in [6.07, 6.45) is -23.7. The minimum atomic E-state index is -4.94. The molecule has 34 nitrogen and oxygen atoms in total. The minimum Gasteiger partial charge on any atom is -0.508 e. The summed E-state index contributed by atoms with van der Waals surface area (Å²) < 4.78 is 81.0. The van der Waals surface area contributed by atoms with Gasteiger partial charge in [-0.2, -0.15) is 13.2 Å². The third-order valence-electron chi connectivity index (χ3n) is 18.9. The monoisotopic (exact) mass is 1610 g/mol. The first-order valence-corrected chi connectivity index (χ1v) is 35.9. The van der Waals surface area contributed by atoms with E-state index in [-0.39, 0.29) is 29.9 Å². The van der Waals surface area contributed by atoms with Crippen molar-refractivity contribution in [3.63, 3.8) is 0 Å². The van der Waals surface area contributed by atoms with Crippen LogP contribution in [-0.4, -0.2) is 195 Å². The predicted molar refractivity (Wildman–Crippen MR) is 380 cm³/mol. The van der Waals surface area contributed by atoms with Crippen molar-refractivity contribution in [3.05, 3.63) is 135 Å². The van der Waals surface area contributed by atoms with Gasteiger partial charge in [-0.25, -0.2) is 14.8 Å². The lowest BCUT2D eigenvalue weighted by Crippen LogP contribution is -2.64. The Labute approximate surface area is 642 Å². The molecule has 2 saturated heterocycles. The van der Waals surface area contributed by atoms with Crippen LogP contribution in [0.1, 0.15) is 111 Å². The van der Waals surface area contributed by atoms with Gasteiger partial charge in [0, 0.05) is 46.7 Å². The zero-order valence-electron chi connectivity index (χ0n) is 59.0. The van der Waals surface area contributed by atoms with E-state index < -0.39 is 270 Å². The van der Waals surface area contributed by atoms with Crippen LogP contribution in [0.3, 0.4) is 0 Å². The number of phenolic OH excluding ortho intramolecular Hbond substituents is 3. The van der Waals surface area contributed by atoms with Gasteiger partial charge < -0.3 is 123 Å². The Balaban J connectivity index is 1.16. The lowest BCUT2D eigenvalue weighted by atomic mass is 9.86. The number of aliphatic hydroxyl groups excluding tert-OH is 5. The van der Waals surface area contributed by atoms with E-state index in [4.69, 9.17) is 63.1 Å². The molecule has 0 radical (unpaired) electrons. The number of amides is 7. The summed E-state index contributed by atoms with van der Waals surface area (Å²) in [5, 5.41) is 121. The number of carbonyl (C=O) groups is 8. The second-order valence-corrected chi connectivity index (χ2v) is 29.4. The average molecular weight is 1610 g/mol. The molecule has 0 saturated carbocycles. The number of rotatable bonds is 15. The van der Waals surface area contributed by atoms with Gasteiger partial charge in [0.05, 0.1) is 40.8 Å². The van der Waals surface area contributed by atoms with Gasteiger partial charge in [-0.3, -0.25) is 33.6 Å². The largest absolute Gasteiger partial charge is 0.508 e. The molecule has 8 heterocycles. The van der Waals surface area contributed by atoms with E-state index in [9.17, 15) is 83.1 Å². The van der Waals surface area contributed by atoms with E-state index in [2.05, 4.69) is 47.2 Å². The van der Waals surface area contributed by atoms with E-state index in [0.29, 0.717) is 17.8 Å². The summed E-state index contributed by atoms with van der Waals surface area (Å²) in [5.41, 5.74) is 6.37. The van der Waals surface area contributed by atoms with Crippen LogP contribution in [0.5, 0.6) is 46.0 Å². The van der Waals surface area contributed by atoms with Crippen molar-refractivity contribution in [2.75, 3.05) is 12.8 Å². The number of aromatic nitrogens is 2. The average Bonchev–Trinajstić information content (AvgIpc) is 0.767. The highest BCUT2D eigenvalue weighted by Gasteiger charge is 2.52. The molecule has 7 aliphatic heterocycles. The molecule has 18 atom stereocenters. The Morgan fingerprint density at radius 2 is 1.37 bits per heavy atom. The number of thioether (sulfide) groups is 1. The summed E-state index contributed by atoms with van der Waals surface area (Å²) >= 11 is 14.7. The van der Waals surface area contributed by atoms with Crippen LogP contribution in [0.4, 0.5) is 13.2 Å². The highest BCUT2D eigenvalue weighted by molar-refractivity contribution is 7.99. The number of phenols is 3. The van der Waals surface area contributed by atoms with Crippen LogP contribution in [0.15, 0.2) is 96.3 Å². The molecule has 13 rings (SSSR count). The van der Waals surface area contributed by atoms with Gasteiger partial charge in [0.15, 0.2) is 35.1 Å². The van der Waals surface area contributed by atoms with Gasteiger partial charge in [0.25, 0.3) is 0 Å². The fourth-order valence-corrected chi connectivity index (χ4v) is 14.5. The molecule has 111 heavy (non-hydrogen) atoms. The molecule has 1 aromatic heterocycles. The smallest absolute Gasteiger partial charge is 0.433 e. The maximum absolute atomic E-state index is 16.2. The van der Waals surface area contributed by atoms with Crippen molar-refractivity contribution in [1.29, 1.82) is 0 Å². The van der Waals surface area contributed by atoms with Crippen molar-refractivity contribution in [2.45, 2.75) is 168 Å². The Kier molecular flexibility index (Phi) is 24.5. The number of ether oxygens (including phenoxy) is 6. The quantitative estimate of drug-likeness (QED) is 0.0519. The molecule has 11 unspecified atom stereocenters. The lowest BCUT2D eigenvalue weighted by molar-refractivity contribution is -0.329. The van der Waals surface area contributed by atoms with Crippen molar-refractivity contribution in [3.8, 4) is 57.1 Å². The standard InChI is InChI=1S/C71H76Cl2F3N11O23S/c1-25(2)14-36(79-5)61(97)86-52-54(92)28-7-10-40(34(72)16-28)106-42-18-30-19-43(58(42)110-68-59(109-47-23-70(4,78)60(96)26(3)105-47)57(95)56(94)44(108-68)24-111-69-80-13-12-45(82-69)71(74,75)76)107-41-11-8-29(17-35(41)73)55(93)53-66(102)85-51(67(103)104)33-20-31(88)21-39(90)48(33)32-15-27(6-9-38(32)89)49(63(99)87-53)84-64(100)50(30)83-62(98)37(22-46(77)91)81-65(52)101/h6-13,15-21,25-26,36-37,44,47,49-57,59-60,68,79,88-90,92-96H,14,22-24,78H2,1-5H3,(H2,77,91)(H,81,101)(H,83,98)(H,84,100)(H,85,102)(H,86,97)(H,87,99)(H,103,104)/t26?,36-,37-,44?,47?,49?,50?,51+,52+,53-,54+,55+,56?,57?,59?,60?,68?,70?/m0/s1. The Morgan fingerprint density at radius 3 is 1.97 bits per heavy atom. The van der Waals surface area contributed by atoms with Gasteiger partial charge in [-0.05, 0) is 116 Å². The lowest BCUT2D eigenvalue weighted by Gasteiger charge is -2.47. The SMILES string of the molecule is CN[C@@H](CC(C)C)C(=O)N[C@H]1C(=O)N[C@@H](CC(N)=O)C(=O)NC2C(=O)NC3C(=O)N[C@H](C(=O)N[C@@H](C(=O)O)c4cc(O)cc(O)c4-c4cc3ccc4O)[C@H](O)c3ccc(c(Cl)c3)Oc3cc2cc(c3OC2OC(CSc3nccc(C(F)(F)F)n3)C(O)C(O)C2OC2CC(C)(N)C(O)C(C)O2)Oc2ccc(cc2Cl)[C@H]1O. The molecule has 40 heteroatoms. The number of alkyl halides is 3. The first kappa shape index (κ1) is 82.0. The van der Waals surface area contributed by atoms with Crippen LogP contribution >= 0.6 is 35.0 Å². The van der Waals surface area contributed by atoms with Crippen LogP contribution in [0, 0.1) is 5.92 Å². The molecule has 5 aromatic carbocycles. The van der Waals surface area contributed by atoms with Gasteiger partial charge in [-0.1, -0.05) is 67.0 Å². The Morgan fingerprint density at radius 1 is 0.748 bits per heavy atom. The first-order chi connectivity index (χ1) is 52.3. The number of halogens is 5. The van der Waals surface area contributed by atoms with E-state index in [1.165, 1.54) is 27.0 Å². The second kappa shape index (κ2) is 33.2. The van der Waals surface area contributed by atoms with Crippen molar-refractivity contribution < 1.29 is 126 Å². The van der Waals surface area contributed by atoms with Crippen LogP contribution in [-0.2, 0) is 58.7 Å². The zero-order valence-corrected chi connectivity index (χ0v) is 61.3. The molecular weight excluding hydrogens is 1530 g/mol. The number of benzene rings is 5. The summed E-state index contributed by atoms with van der Waals surface area (Å²) in [7, 11) is 1.45. The van der Waals surface area contributed by atoms with E-state index in [1.54, 1.807) is 13.8 Å². The highest BCUT2D eigenvalue weighted by atomic mass is 35.5. The zero-order chi connectivity index (χ0) is 80.7. The topological polar surface area (TPSA) is 536 Å². The predicted octanol–water partition coefficient (Wildman–Crippen LogP) is 2.72. The van der Waals surface area contributed by atoms with Crippen molar-refractivity contribution >= 4 is 82.3 Å². The van der Waals surface area contributed by atoms with Crippen molar-refractivity contribution in [2.24, 2.45) is 17.4 Å². The first-order valence-electron chi connectivity index (χ1n) is 34.2. The number of nitrogens with two attached hydrogens (primary N) is 2. The fraction of sp³-hybridized carbons (Fsp3) is 0.408. The normalized spacial score (nSPS) is 28.0. The molecule has 11 bridgehead atoms. The summed E-state index contributed by atoms with van der Waals surface area (Å²) in [6.45, 7) is 6.51. The third kappa shape index (κ3) is 18.0. The third-order valence-corrected chi connectivity index (χ3v) is 20.4. The molecule has 0 aliphatic carbocycles. The number of hydrogen-bond acceptors (Lipinski definition) is 27. The number of aliphatic hydroxyl groups is 5. The summed E-state index contributed by atoms with van der Waals surface area (Å²) in [4.78, 5) is 125. The molecule has 594 valence electrons. The number of carboxylic acid groups (broad SMARTS) is 1. The molecule has 20 N–H and O–H groups in total. The number of aliphatic carboxylic acids is 1. The number of primary amides is 1. The van der Waals surface area contributed by atoms with E-state index >= 15 is 14.4 Å². The minimum absolute atomic E-state index is 0.130. The second-order valence-electron chi connectivity index (χ2n) is 27.6. The van der Waals surface area contributed by atoms with E-state index in [1.807, 2.05) is 0 Å². The fourth-order valence-electron chi connectivity index (χ4n) is 13.2. The maximum atomic E-state index is 16.2. The number of fused-ring (bicyclic) bond motifs is 15. The van der Waals surface area contributed by atoms with Gasteiger partial charge in [0.2, 0.25) is 53.4 Å². The van der Waals surface area contributed by atoms with Crippen LogP contribution in [0.2, 0.25) is 10.0 Å². The molecule has 2 fully saturated rings. The van der Waals surface area contributed by atoms with Gasteiger partial charge in [0.1, 0.15) is 89.1 Å². The van der Waals surface area contributed by atoms with Crippen LogP contribution < -0.4 is 62.9 Å². The Bertz CT molecular complexity index is 4630. The highest BCUT2D eigenvalue weighted by Crippen LogP contribution is 2.50. The summed E-state index contributed by atoms with van der Waals surface area (Å²) in [6, 6.07) is -0.867. The number of aromatic hydroxyl groups is 3. The van der Waals surface area contributed by atoms with Crippen molar-refractivity contribution in [1.82, 2.24) is 47.2 Å². The number of nitrogens with zero attached hydrogens (tertiary/aromatic N) is 2. The molecule has 7 amide bonds. The summed E-state index contributed by atoms with van der Waals surface area (Å²) in [5.74, 6) is -17.3. The molecule has 7 aliphatic rings. The number of nitrogens with one attached hydrogen (secondary N) is 7. The number of carboxylic acids is 1. The molecule has 0 spiro atoms. The number of carbonyl (C=O) groups excluding carboxylic acids is 7. The molecule has 6 aromatic rings. The van der Waals surface area contributed by atoms with Gasteiger partial charge in [-0.15, -0.1) is 0 Å².